The number of amides is 2. The van der Waals surface area contributed by atoms with E-state index in [1.54, 1.807) is 30.3 Å². The van der Waals surface area contributed by atoms with Gasteiger partial charge in [0.1, 0.15) is 12.4 Å². The number of aryl methyl sites for hydroxylation is 1. The summed E-state index contributed by atoms with van der Waals surface area (Å²) in [5.41, 5.74) is 2.30. The first kappa shape index (κ1) is 18.8. The van der Waals surface area contributed by atoms with Crippen LogP contribution < -0.4 is 15.4 Å². The van der Waals surface area contributed by atoms with Crippen LogP contribution in [-0.4, -0.2) is 32.6 Å². The number of methoxy groups -OCH3 is 2. The van der Waals surface area contributed by atoms with Crippen LogP contribution in [0.4, 0.5) is 11.4 Å². The minimum atomic E-state index is -0.359. The average molecular weight is 363 g/mol. The molecule has 0 aromatic heterocycles. The molecule has 0 bridgehead atoms. The highest BCUT2D eigenvalue weighted by Gasteiger charge is 2.14. The van der Waals surface area contributed by atoms with Crippen LogP contribution in [0.15, 0.2) is 36.4 Å². The summed E-state index contributed by atoms with van der Waals surface area (Å²) in [4.78, 5) is 24.2. The number of hydrogen-bond donors (Lipinski definition) is 2. The van der Waals surface area contributed by atoms with E-state index < -0.39 is 0 Å². The van der Waals surface area contributed by atoms with Crippen molar-refractivity contribution in [3.8, 4) is 5.75 Å². The predicted octanol–water partition coefficient (Wildman–Crippen LogP) is 3.49. The van der Waals surface area contributed by atoms with Crippen LogP contribution in [0.5, 0.6) is 5.75 Å². The number of halogens is 1. The molecule has 2 aromatic rings. The summed E-state index contributed by atoms with van der Waals surface area (Å²) < 4.78 is 9.98. The topological polar surface area (TPSA) is 76.7 Å². The van der Waals surface area contributed by atoms with Gasteiger partial charge in [-0.05, 0) is 42.8 Å². The fourth-order valence-corrected chi connectivity index (χ4v) is 2.38. The van der Waals surface area contributed by atoms with Crippen molar-refractivity contribution in [3.63, 3.8) is 0 Å². The maximum Gasteiger partial charge on any atom is 0.259 e. The molecule has 2 N–H and O–H groups in total. The van der Waals surface area contributed by atoms with Crippen LogP contribution in [0, 0.1) is 6.92 Å². The number of ether oxygens (including phenoxy) is 2. The van der Waals surface area contributed by atoms with Gasteiger partial charge in [-0.15, -0.1) is 0 Å². The molecule has 0 saturated carbocycles. The third-order valence-corrected chi connectivity index (χ3v) is 3.69. The highest BCUT2D eigenvalue weighted by Crippen LogP contribution is 2.26. The minimum absolute atomic E-state index is 0.0463. The molecule has 0 spiro atoms. The van der Waals surface area contributed by atoms with Gasteiger partial charge in [0, 0.05) is 23.5 Å². The van der Waals surface area contributed by atoms with Gasteiger partial charge in [-0.3, -0.25) is 9.59 Å². The van der Waals surface area contributed by atoms with Crippen molar-refractivity contribution < 1.29 is 19.1 Å². The fourth-order valence-electron chi connectivity index (χ4n) is 2.21. The Balaban J connectivity index is 2.23. The molecule has 0 fully saturated rings. The first-order valence-corrected chi connectivity index (χ1v) is 7.86. The summed E-state index contributed by atoms with van der Waals surface area (Å²) in [6.07, 6.45) is 0. The Labute approximate surface area is 151 Å². The van der Waals surface area contributed by atoms with Gasteiger partial charge < -0.3 is 20.1 Å². The molecule has 0 atom stereocenters. The number of anilines is 2. The average Bonchev–Trinajstić information content (AvgIpc) is 2.58. The molecule has 25 heavy (non-hydrogen) atoms. The second-order valence-corrected chi connectivity index (χ2v) is 5.75. The van der Waals surface area contributed by atoms with Crippen molar-refractivity contribution in [1.82, 2.24) is 0 Å². The summed E-state index contributed by atoms with van der Waals surface area (Å²) in [5, 5.41) is 5.94. The zero-order valence-electron chi connectivity index (χ0n) is 14.2. The van der Waals surface area contributed by atoms with Crippen molar-refractivity contribution in [2.45, 2.75) is 6.92 Å². The van der Waals surface area contributed by atoms with E-state index in [2.05, 4.69) is 10.6 Å². The molecule has 0 aliphatic carbocycles. The Morgan fingerprint density at radius 2 is 1.84 bits per heavy atom. The van der Waals surface area contributed by atoms with Crippen LogP contribution in [0.1, 0.15) is 15.9 Å². The van der Waals surface area contributed by atoms with Crippen LogP contribution in [-0.2, 0) is 9.53 Å². The van der Waals surface area contributed by atoms with Gasteiger partial charge in [-0.25, -0.2) is 0 Å². The molecule has 2 aromatic carbocycles. The fraction of sp³-hybridized carbons (Fsp3) is 0.222. The van der Waals surface area contributed by atoms with Gasteiger partial charge in [0.25, 0.3) is 5.91 Å². The Kier molecular flexibility index (Phi) is 6.38. The number of nitrogens with one attached hydrogen (secondary N) is 2. The van der Waals surface area contributed by atoms with Gasteiger partial charge in [0.2, 0.25) is 5.91 Å². The van der Waals surface area contributed by atoms with Gasteiger partial charge in [0.05, 0.1) is 12.7 Å². The normalized spacial score (nSPS) is 10.2. The van der Waals surface area contributed by atoms with Gasteiger partial charge in [0.15, 0.2) is 0 Å². The van der Waals surface area contributed by atoms with Crippen molar-refractivity contribution in [2.24, 2.45) is 0 Å². The molecule has 0 radical (unpaired) electrons. The lowest BCUT2D eigenvalue weighted by Crippen LogP contribution is -2.18. The lowest BCUT2D eigenvalue weighted by atomic mass is 10.1. The summed E-state index contributed by atoms with van der Waals surface area (Å²) in [5.74, 6) is -0.216. The summed E-state index contributed by atoms with van der Waals surface area (Å²) >= 11 is 5.97. The molecular formula is C18H19ClN2O4. The third-order valence-electron chi connectivity index (χ3n) is 3.45. The Morgan fingerprint density at radius 1 is 1.08 bits per heavy atom. The molecule has 0 aliphatic heterocycles. The van der Waals surface area contributed by atoms with Crippen molar-refractivity contribution in [1.29, 1.82) is 0 Å². The molecule has 0 saturated heterocycles. The molecule has 132 valence electrons. The summed E-state index contributed by atoms with van der Waals surface area (Å²) in [7, 11) is 2.93. The van der Waals surface area contributed by atoms with E-state index in [1.807, 2.05) is 6.92 Å². The van der Waals surface area contributed by atoms with Gasteiger partial charge >= 0.3 is 0 Å². The highest BCUT2D eigenvalue weighted by molar-refractivity contribution is 6.31. The van der Waals surface area contributed by atoms with E-state index in [9.17, 15) is 9.59 Å². The molecule has 7 heteroatoms. The second-order valence-electron chi connectivity index (χ2n) is 5.31. The summed E-state index contributed by atoms with van der Waals surface area (Å²) in [6, 6.07) is 10.0. The van der Waals surface area contributed by atoms with E-state index in [-0.39, 0.29) is 18.4 Å². The van der Waals surface area contributed by atoms with Crippen molar-refractivity contribution in [2.75, 3.05) is 31.5 Å². The number of hydrogen-bond acceptors (Lipinski definition) is 4. The van der Waals surface area contributed by atoms with E-state index in [4.69, 9.17) is 21.1 Å². The predicted molar refractivity (Wildman–Crippen MR) is 97.6 cm³/mol. The van der Waals surface area contributed by atoms with Crippen molar-refractivity contribution >= 4 is 34.8 Å². The quantitative estimate of drug-likeness (QED) is 0.824. The first-order valence-electron chi connectivity index (χ1n) is 7.49. The largest absolute Gasteiger partial charge is 0.496 e. The Bertz CT molecular complexity index is 793. The monoisotopic (exact) mass is 362 g/mol. The highest BCUT2D eigenvalue weighted by atomic mass is 35.5. The SMILES string of the molecule is COCC(=O)Nc1ccc(C)c(NC(=O)c2cc(Cl)ccc2OC)c1. The van der Waals surface area contributed by atoms with E-state index in [0.29, 0.717) is 27.7 Å². The van der Waals surface area contributed by atoms with Gasteiger partial charge in [-0.1, -0.05) is 17.7 Å². The van der Waals surface area contributed by atoms with Gasteiger partial charge in [-0.2, -0.15) is 0 Å². The molecular weight excluding hydrogens is 344 g/mol. The molecule has 2 amide bonds. The lowest BCUT2D eigenvalue weighted by molar-refractivity contribution is -0.119. The van der Waals surface area contributed by atoms with E-state index in [0.717, 1.165) is 5.56 Å². The lowest BCUT2D eigenvalue weighted by Gasteiger charge is -2.13. The Hall–Kier alpha value is -2.57. The van der Waals surface area contributed by atoms with Crippen LogP contribution in [0.25, 0.3) is 0 Å². The van der Waals surface area contributed by atoms with Crippen LogP contribution >= 0.6 is 11.6 Å². The van der Waals surface area contributed by atoms with Crippen LogP contribution in [0.3, 0.4) is 0 Å². The zero-order valence-corrected chi connectivity index (χ0v) is 14.9. The first-order chi connectivity index (χ1) is 11.9. The molecule has 0 heterocycles. The molecule has 0 unspecified atom stereocenters. The van der Waals surface area contributed by atoms with E-state index >= 15 is 0 Å². The number of benzene rings is 2. The molecule has 2 rings (SSSR count). The number of rotatable bonds is 6. The second kappa shape index (κ2) is 8.50. The maximum atomic E-state index is 12.6. The molecule has 0 aliphatic rings. The van der Waals surface area contributed by atoms with E-state index in [1.165, 1.54) is 20.3 Å². The maximum absolute atomic E-state index is 12.6. The van der Waals surface area contributed by atoms with Crippen molar-refractivity contribution in [3.05, 3.63) is 52.5 Å². The van der Waals surface area contributed by atoms with Crippen LogP contribution in [0.2, 0.25) is 5.02 Å². The number of carbonyl (C=O) groups excluding carboxylic acids is 2. The Morgan fingerprint density at radius 3 is 2.52 bits per heavy atom. The summed E-state index contributed by atoms with van der Waals surface area (Å²) in [6.45, 7) is 1.81. The smallest absolute Gasteiger partial charge is 0.259 e. The standard InChI is InChI=1S/C18H19ClN2O4/c1-11-4-6-13(20-17(22)10-24-2)9-15(11)21-18(23)14-8-12(19)5-7-16(14)25-3/h4-9H,10H2,1-3H3,(H,20,22)(H,21,23). The minimum Gasteiger partial charge on any atom is -0.496 e. The zero-order chi connectivity index (χ0) is 18.4. The number of carbonyl (C=O) groups is 2. The molecule has 6 nitrogen and oxygen atoms in total. The third kappa shape index (κ3) is 4.95.